The Balaban J connectivity index is 1.56. The smallest absolute Gasteiger partial charge is 0.251 e. The summed E-state index contributed by atoms with van der Waals surface area (Å²) in [7, 11) is 0. The Morgan fingerprint density at radius 2 is 1.63 bits per heavy atom. The number of hydrogen-bond donors (Lipinski definition) is 3. The van der Waals surface area contributed by atoms with Crippen LogP contribution in [0.25, 0.3) is 10.8 Å². The Labute approximate surface area is 160 Å². The summed E-state index contributed by atoms with van der Waals surface area (Å²) in [6.07, 6.45) is 1.72. The van der Waals surface area contributed by atoms with E-state index >= 15 is 0 Å². The first kappa shape index (κ1) is 19.4. The molecular formula is C22H29N3O2. The standard InChI is InChI=1S/C22H29N3O2/c1-21(2)12-18(13-22(3,4)25-21)24-19(26)14-23-20(27)17-10-9-15-7-5-6-8-16(15)11-17/h5-11,18,25H,12-14H2,1-4H3,(H,23,27)(H,24,26). The summed E-state index contributed by atoms with van der Waals surface area (Å²) in [4.78, 5) is 24.7. The molecule has 27 heavy (non-hydrogen) atoms. The molecule has 0 aliphatic carbocycles. The molecule has 1 saturated heterocycles. The molecule has 1 heterocycles. The van der Waals surface area contributed by atoms with E-state index in [1.807, 2.05) is 36.4 Å². The number of fused-ring (bicyclic) bond motifs is 1. The van der Waals surface area contributed by atoms with Crippen LogP contribution in [0.3, 0.4) is 0 Å². The minimum atomic E-state index is -0.234. The molecule has 0 aromatic heterocycles. The van der Waals surface area contributed by atoms with E-state index in [1.165, 1.54) is 0 Å². The lowest BCUT2D eigenvalue weighted by Crippen LogP contribution is -2.62. The first-order valence-electron chi connectivity index (χ1n) is 9.49. The van der Waals surface area contributed by atoms with Crippen LogP contribution in [0.2, 0.25) is 0 Å². The van der Waals surface area contributed by atoms with Gasteiger partial charge >= 0.3 is 0 Å². The van der Waals surface area contributed by atoms with E-state index in [2.05, 4.69) is 43.6 Å². The molecule has 2 aromatic rings. The summed E-state index contributed by atoms with van der Waals surface area (Å²) >= 11 is 0. The molecule has 2 aromatic carbocycles. The van der Waals surface area contributed by atoms with Gasteiger partial charge in [-0.15, -0.1) is 0 Å². The van der Waals surface area contributed by atoms with Gasteiger partial charge in [0.15, 0.2) is 0 Å². The second kappa shape index (κ2) is 7.31. The van der Waals surface area contributed by atoms with Crippen LogP contribution in [0.15, 0.2) is 42.5 Å². The van der Waals surface area contributed by atoms with Crippen LogP contribution in [0.5, 0.6) is 0 Å². The van der Waals surface area contributed by atoms with E-state index in [1.54, 1.807) is 6.07 Å². The number of rotatable bonds is 4. The molecule has 144 valence electrons. The molecular weight excluding hydrogens is 338 g/mol. The van der Waals surface area contributed by atoms with Crippen LogP contribution >= 0.6 is 0 Å². The molecule has 3 N–H and O–H groups in total. The van der Waals surface area contributed by atoms with Crippen molar-refractivity contribution in [1.82, 2.24) is 16.0 Å². The Morgan fingerprint density at radius 3 is 2.30 bits per heavy atom. The highest BCUT2D eigenvalue weighted by atomic mass is 16.2. The van der Waals surface area contributed by atoms with E-state index in [4.69, 9.17) is 0 Å². The van der Waals surface area contributed by atoms with E-state index < -0.39 is 0 Å². The van der Waals surface area contributed by atoms with Crippen LogP contribution in [0.4, 0.5) is 0 Å². The second-order valence-electron chi connectivity index (χ2n) is 8.81. The van der Waals surface area contributed by atoms with Crippen molar-refractivity contribution in [3.05, 3.63) is 48.0 Å². The molecule has 0 radical (unpaired) electrons. The first-order chi connectivity index (χ1) is 12.6. The van der Waals surface area contributed by atoms with Crippen molar-refractivity contribution in [2.45, 2.75) is 57.7 Å². The monoisotopic (exact) mass is 367 g/mol. The van der Waals surface area contributed by atoms with Crippen LogP contribution < -0.4 is 16.0 Å². The number of amides is 2. The van der Waals surface area contributed by atoms with Crippen LogP contribution in [-0.4, -0.2) is 35.5 Å². The zero-order chi connectivity index (χ0) is 19.7. The molecule has 1 aliphatic rings. The van der Waals surface area contributed by atoms with E-state index in [0.29, 0.717) is 5.56 Å². The quantitative estimate of drug-likeness (QED) is 0.778. The molecule has 1 aliphatic heterocycles. The van der Waals surface area contributed by atoms with Gasteiger partial charge in [0.2, 0.25) is 5.91 Å². The van der Waals surface area contributed by atoms with Gasteiger partial charge in [0.05, 0.1) is 6.54 Å². The maximum absolute atomic E-state index is 12.4. The van der Waals surface area contributed by atoms with E-state index in [9.17, 15) is 9.59 Å². The number of carbonyl (C=O) groups excluding carboxylic acids is 2. The van der Waals surface area contributed by atoms with Crippen molar-refractivity contribution in [2.24, 2.45) is 0 Å². The van der Waals surface area contributed by atoms with Gasteiger partial charge in [0, 0.05) is 22.7 Å². The number of piperidine rings is 1. The molecule has 5 heteroatoms. The van der Waals surface area contributed by atoms with Gasteiger partial charge in [0.1, 0.15) is 0 Å². The van der Waals surface area contributed by atoms with Gasteiger partial charge in [-0.3, -0.25) is 9.59 Å². The zero-order valence-corrected chi connectivity index (χ0v) is 16.6. The molecule has 3 rings (SSSR count). The molecule has 5 nitrogen and oxygen atoms in total. The summed E-state index contributed by atoms with van der Waals surface area (Å²) < 4.78 is 0. The normalized spacial score (nSPS) is 18.8. The summed E-state index contributed by atoms with van der Waals surface area (Å²) in [6, 6.07) is 13.5. The van der Waals surface area contributed by atoms with Crippen molar-refractivity contribution in [3.8, 4) is 0 Å². The highest BCUT2D eigenvalue weighted by Gasteiger charge is 2.38. The number of nitrogens with one attached hydrogen (secondary N) is 3. The van der Waals surface area contributed by atoms with Crippen molar-refractivity contribution >= 4 is 22.6 Å². The number of carbonyl (C=O) groups is 2. The summed E-state index contributed by atoms with van der Waals surface area (Å²) in [5, 5.41) is 11.5. The summed E-state index contributed by atoms with van der Waals surface area (Å²) in [6.45, 7) is 8.57. The van der Waals surface area contributed by atoms with Crippen LogP contribution in [0.1, 0.15) is 50.9 Å². The third-order valence-electron chi connectivity index (χ3n) is 4.98. The highest BCUT2D eigenvalue weighted by Crippen LogP contribution is 2.28. The van der Waals surface area contributed by atoms with Gasteiger partial charge in [-0.1, -0.05) is 30.3 Å². The van der Waals surface area contributed by atoms with E-state index in [0.717, 1.165) is 23.6 Å². The summed E-state index contributed by atoms with van der Waals surface area (Å²) in [5.74, 6) is -0.385. The lowest BCUT2D eigenvalue weighted by Gasteiger charge is -2.46. The predicted molar refractivity (Wildman–Crippen MR) is 109 cm³/mol. The maximum Gasteiger partial charge on any atom is 0.251 e. The fourth-order valence-corrected chi connectivity index (χ4v) is 4.30. The van der Waals surface area contributed by atoms with Gasteiger partial charge < -0.3 is 16.0 Å². The van der Waals surface area contributed by atoms with Gasteiger partial charge in [-0.2, -0.15) is 0 Å². The molecule has 0 unspecified atom stereocenters. The van der Waals surface area contributed by atoms with Crippen molar-refractivity contribution in [3.63, 3.8) is 0 Å². The van der Waals surface area contributed by atoms with Gasteiger partial charge in [-0.25, -0.2) is 0 Å². The van der Waals surface area contributed by atoms with Crippen molar-refractivity contribution < 1.29 is 9.59 Å². The lowest BCUT2D eigenvalue weighted by molar-refractivity contribution is -0.121. The summed E-state index contributed by atoms with van der Waals surface area (Å²) in [5.41, 5.74) is 0.493. The average molecular weight is 367 g/mol. The lowest BCUT2D eigenvalue weighted by atomic mass is 9.79. The van der Waals surface area contributed by atoms with Gasteiger partial charge in [0.25, 0.3) is 5.91 Å². The van der Waals surface area contributed by atoms with Crippen molar-refractivity contribution in [2.75, 3.05) is 6.54 Å². The third-order valence-corrected chi connectivity index (χ3v) is 4.98. The third kappa shape index (κ3) is 5.07. The van der Waals surface area contributed by atoms with Crippen LogP contribution in [-0.2, 0) is 4.79 Å². The Bertz CT molecular complexity index is 842. The van der Waals surface area contributed by atoms with Gasteiger partial charge in [-0.05, 0) is 63.4 Å². The largest absolute Gasteiger partial charge is 0.352 e. The fourth-order valence-electron chi connectivity index (χ4n) is 4.30. The molecule has 2 amide bonds. The molecule has 0 spiro atoms. The molecule has 0 saturated carbocycles. The fraction of sp³-hybridized carbons (Fsp3) is 0.455. The molecule has 0 atom stereocenters. The predicted octanol–water partition coefficient (Wildman–Crippen LogP) is 3.00. The topological polar surface area (TPSA) is 70.2 Å². The maximum atomic E-state index is 12.4. The molecule has 0 bridgehead atoms. The zero-order valence-electron chi connectivity index (χ0n) is 16.6. The molecule has 1 fully saturated rings. The second-order valence-corrected chi connectivity index (χ2v) is 8.81. The Hall–Kier alpha value is -2.40. The van der Waals surface area contributed by atoms with Crippen LogP contribution in [0, 0.1) is 0 Å². The minimum Gasteiger partial charge on any atom is -0.352 e. The first-order valence-corrected chi connectivity index (χ1v) is 9.49. The SMILES string of the molecule is CC1(C)CC(NC(=O)CNC(=O)c2ccc3ccccc3c2)CC(C)(C)N1. The minimum absolute atomic E-state index is 0.0174. The van der Waals surface area contributed by atoms with Crippen molar-refractivity contribution in [1.29, 1.82) is 0 Å². The average Bonchev–Trinajstić information content (AvgIpc) is 2.56. The number of benzene rings is 2. The Kier molecular flexibility index (Phi) is 5.24. The number of hydrogen-bond acceptors (Lipinski definition) is 3. The Morgan fingerprint density at radius 1 is 1.00 bits per heavy atom. The highest BCUT2D eigenvalue weighted by molar-refractivity contribution is 6.00. The van der Waals surface area contributed by atoms with E-state index in [-0.39, 0.29) is 35.5 Å².